The first kappa shape index (κ1) is 18.2. The molecule has 6 atom stereocenters. The molecule has 9 nitrogen and oxygen atoms in total. The van der Waals surface area contributed by atoms with Gasteiger partial charge in [0.15, 0.2) is 6.10 Å². The van der Waals surface area contributed by atoms with E-state index in [4.69, 9.17) is 23.7 Å². The lowest BCUT2D eigenvalue weighted by Crippen LogP contribution is -2.57. The minimum Gasteiger partial charge on any atom is -0.463 e. The second-order valence-electron chi connectivity index (χ2n) is 5.81. The molecule has 2 fully saturated rings. The summed E-state index contributed by atoms with van der Waals surface area (Å²) in [7, 11) is 0. The van der Waals surface area contributed by atoms with Crippen molar-refractivity contribution < 1.29 is 42.9 Å². The summed E-state index contributed by atoms with van der Waals surface area (Å²) in [5, 5.41) is 0. The predicted molar refractivity (Wildman–Crippen MR) is 75.4 cm³/mol. The van der Waals surface area contributed by atoms with Gasteiger partial charge >= 0.3 is 23.9 Å². The van der Waals surface area contributed by atoms with E-state index in [0.29, 0.717) is 0 Å². The first-order chi connectivity index (χ1) is 11.2. The number of fused-ring (bicyclic) bond motifs is 1. The summed E-state index contributed by atoms with van der Waals surface area (Å²) in [5.41, 5.74) is 0. The Morgan fingerprint density at radius 3 is 2.17 bits per heavy atom. The Morgan fingerprint density at radius 2 is 1.62 bits per heavy atom. The second-order valence-corrected chi connectivity index (χ2v) is 5.81. The van der Waals surface area contributed by atoms with E-state index in [2.05, 4.69) is 0 Å². The van der Waals surface area contributed by atoms with E-state index in [0.717, 1.165) is 6.92 Å². The molecule has 0 aromatic heterocycles. The fourth-order valence-corrected chi connectivity index (χ4v) is 2.86. The summed E-state index contributed by atoms with van der Waals surface area (Å²) in [6, 6.07) is 0. The molecule has 0 aliphatic carbocycles. The number of hydrogen-bond donors (Lipinski definition) is 0. The molecule has 9 heteroatoms. The minimum atomic E-state index is -1.25. The van der Waals surface area contributed by atoms with Crippen molar-refractivity contribution in [3.63, 3.8) is 0 Å². The van der Waals surface area contributed by atoms with Crippen LogP contribution in [0.4, 0.5) is 0 Å². The van der Waals surface area contributed by atoms with Gasteiger partial charge in [0.2, 0.25) is 6.10 Å². The molecule has 2 saturated heterocycles. The molecule has 0 aromatic rings. The molecule has 2 aliphatic heterocycles. The molecule has 0 amide bonds. The molecule has 0 saturated carbocycles. The summed E-state index contributed by atoms with van der Waals surface area (Å²) in [5.74, 6) is -2.88. The molecule has 2 heterocycles. The first-order valence-corrected chi connectivity index (χ1v) is 7.54. The van der Waals surface area contributed by atoms with Crippen molar-refractivity contribution in [3.05, 3.63) is 0 Å². The fourth-order valence-electron chi connectivity index (χ4n) is 2.86. The van der Waals surface area contributed by atoms with E-state index in [9.17, 15) is 19.2 Å². The van der Waals surface area contributed by atoms with Crippen LogP contribution in [0.2, 0.25) is 0 Å². The molecule has 0 bridgehead atoms. The van der Waals surface area contributed by atoms with Gasteiger partial charge in [0.05, 0.1) is 6.10 Å². The monoisotopic (exact) mass is 344 g/mol. The Labute approximate surface area is 138 Å². The number of hydrogen-bond acceptors (Lipinski definition) is 9. The molecule has 0 radical (unpaired) electrons. The Hall–Kier alpha value is -2.16. The molecule has 3 unspecified atom stereocenters. The van der Waals surface area contributed by atoms with Gasteiger partial charge in [-0.15, -0.1) is 0 Å². The van der Waals surface area contributed by atoms with Crippen molar-refractivity contribution in [2.75, 3.05) is 6.61 Å². The van der Waals surface area contributed by atoms with Crippen LogP contribution in [0.15, 0.2) is 0 Å². The van der Waals surface area contributed by atoms with Gasteiger partial charge < -0.3 is 23.7 Å². The lowest BCUT2D eigenvalue weighted by molar-refractivity contribution is -0.217. The Balaban J connectivity index is 2.24. The van der Waals surface area contributed by atoms with E-state index in [1.54, 1.807) is 6.92 Å². The average Bonchev–Trinajstić information content (AvgIpc) is 2.76. The summed E-state index contributed by atoms with van der Waals surface area (Å²) < 4.78 is 26.2. The maximum Gasteiger partial charge on any atom is 0.350 e. The van der Waals surface area contributed by atoms with Gasteiger partial charge in [-0.25, -0.2) is 4.79 Å². The predicted octanol–water partition coefficient (Wildman–Crippen LogP) is -0.258. The van der Waals surface area contributed by atoms with Crippen molar-refractivity contribution in [2.24, 2.45) is 5.92 Å². The SMILES string of the molecule is CC(=O)OC[C@H]1OC2C(OC(C)=O)C(=O)OC2[C@@H](OC(C)=O)[C@@H]1C. The van der Waals surface area contributed by atoms with Crippen molar-refractivity contribution in [1.29, 1.82) is 0 Å². The van der Waals surface area contributed by atoms with E-state index in [-0.39, 0.29) is 6.61 Å². The van der Waals surface area contributed by atoms with Gasteiger partial charge in [-0.3, -0.25) is 14.4 Å². The molecule has 2 aliphatic rings. The van der Waals surface area contributed by atoms with Crippen LogP contribution < -0.4 is 0 Å². The fraction of sp³-hybridized carbons (Fsp3) is 0.733. The largest absolute Gasteiger partial charge is 0.463 e. The Kier molecular flexibility index (Phi) is 5.43. The Morgan fingerprint density at radius 1 is 1.00 bits per heavy atom. The highest BCUT2D eigenvalue weighted by atomic mass is 16.7. The van der Waals surface area contributed by atoms with Crippen LogP contribution in [-0.4, -0.2) is 61.0 Å². The van der Waals surface area contributed by atoms with Crippen LogP contribution in [0.3, 0.4) is 0 Å². The highest BCUT2D eigenvalue weighted by Gasteiger charge is 2.58. The van der Waals surface area contributed by atoms with Crippen molar-refractivity contribution in [1.82, 2.24) is 0 Å². The third kappa shape index (κ3) is 3.84. The number of carbonyl (C=O) groups excluding carboxylic acids is 4. The minimum absolute atomic E-state index is 0.0849. The van der Waals surface area contributed by atoms with Crippen LogP contribution in [0.5, 0.6) is 0 Å². The van der Waals surface area contributed by atoms with Crippen molar-refractivity contribution in [3.8, 4) is 0 Å². The van der Waals surface area contributed by atoms with Crippen LogP contribution in [-0.2, 0) is 42.9 Å². The summed E-state index contributed by atoms with van der Waals surface area (Å²) >= 11 is 0. The zero-order chi connectivity index (χ0) is 18.0. The van der Waals surface area contributed by atoms with Gasteiger partial charge in [0, 0.05) is 26.7 Å². The van der Waals surface area contributed by atoms with Crippen LogP contribution in [0, 0.1) is 5.92 Å². The summed E-state index contributed by atoms with van der Waals surface area (Å²) in [6.07, 6.45) is -4.53. The number of rotatable bonds is 4. The zero-order valence-electron chi connectivity index (χ0n) is 13.8. The normalized spacial score (nSPS) is 34.8. The smallest absolute Gasteiger partial charge is 0.350 e. The number of esters is 4. The number of carbonyl (C=O) groups is 4. The molecule has 134 valence electrons. The van der Waals surface area contributed by atoms with Crippen molar-refractivity contribution >= 4 is 23.9 Å². The van der Waals surface area contributed by atoms with Crippen molar-refractivity contribution in [2.45, 2.75) is 58.2 Å². The van der Waals surface area contributed by atoms with E-state index in [1.165, 1.54) is 13.8 Å². The molecule has 0 spiro atoms. The van der Waals surface area contributed by atoms with E-state index >= 15 is 0 Å². The average molecular weight is 344 g/mol. The number of ether oxygens (including phenoxy) is 5. The summed E-state index contributed by atoms with van der Waals surface area (Å²) in [6.45, 7) is 5.29. The topological polar surface area (TPSA) is 114 Å². The molecule has 0 N–H and O–H groups in total. The highest BCUT2D eigenvalue weighted by Crippen LogP contribution is 2.37. The molecular formula is C15H20O9. The van der Waals surface area contributed by atoms with Crippen LogP contribution in [0.25, 0.3) is 0 Å². The van der Waals surface area contributed by atoms with Gasteiger partial charge in [0.25, 0.3) is 0 Å². The highest BCUT2D eigenvalue weighted by molar-refractivity contribution is 5.81. The maximum atomic E-state index is 12.0. The first-order valence-electron chi connectivity index (χ1n) is 7.54. The summed E-state index contributed by atoms with van der Waals surface area (Å²) in [4.78, 5) is 45.6. The third-order valence-corrected chi connectivity index (χ3v) is 3.91. The molecule has 0 aromatic carbocycles. The van der Waals surface area contributed by atoms with Gasteiger partial charge in [0.1, 0.15) is 18.8 Å². The zero-order valence-corrected chi connectivity index (χ0v) is 13.8. The lowest BCUT2D eigenvalue weighted by atomic mass is 9.87. The third-order valence-electron chi connectivity index (χ3n) is 3.91. The second kappa shape index (κ2) is 7.16. The molecular weight excluding hydrogens is 324 g/mol. The van der Waals surface area contributed by atoms with Crippen LogP contribution >= 0.6 is 0 Å². The van der Waals surface area contributed by atoms with Crippen LogP contribution in [0.1, 0.15) is 27.7 Å². The van der Waals surface area contributed by atoms with Gasteiger partial charge in [-0.1, -0.05) is 6.92 Å². The lowest BCUT2D eigenvalue weighted by Gasteiger charge is -2.41. The molecule has 2 rings (SSSR count). The maximum absolute atomic E-state index is 12.0. The van der Waals surface area contributed by atoms with Gasteiger partial charge in [-0.05, 0) is 0 Å². The van der Waals surface area contributed by atoms with E-state index < -0.39 is 60.3 Å². The van der Waals surface area contributed by atoms with Gasteiger partial charge in [-0.2, -0.15) is 0 Å². The standard InChI is InChI=1S/C15H20O9/c1-6-10(5-20-7(2)16)23-13-12(11(6)21-8(3)17)24-15(19)14(13)22-9(4)18/h6,10-14H,5H2,1-4H3/t6-,10-,11+,12?,13?,14?/m1/s1. The Bertz CT molecular complexity index is 543. The quantitative estimate of drug-likeness (QED) is 0.502. The molecule has 24 heavy (non-hydrogen) atoms. The van der Waals surface area contributed by atoms with E-state index in [1.807, 2.05) is 0 Å².